The molecule has 0 bridgehead atoms. The second-order valence-corrected chi connectivity index (χ2v) is 4.47. The molecule has 1 heterocycles. The van der Waals surface area contributed by atoms with Crippen molar-refractivity contribution in [2.75, 3.05) is 4.43 Å². The SMILES string of the molecule is ICCc1conc1Cc1ccccc1. The zero-order valence-corrected chi connectivity index (χ0v) is 10.5. The molecule has 1 aromatic heterocycles. The van der Waals surface area contributed by atoms with Crippen molar-refractivity contribution < 1.29 is 4.52 Å². The Balaban J connectivity index is 2.14. The molecule has 0 atom stereocenters. The molecule has 2 rings (SSSR count). The number of nitrogens with zero attached hydrogens (tertiary/aromatic N) is 1. The van der Waals surface area contributed by atoms with E-state index in [2.05, 4.69) is 39.9 Å². The molecule has 0 radical (unpaired) electrons. The first-order valence-corrected chi connectivity index (χ1v) is 6.44. The van der Waals surface area contributed by atoms with Crippen LogP contribution in [-0.4, -0.2) is 9.58 Å². The monoisotopic (exact) mass is 313 g/mol. The summed E-state index contributed by atoms with van der Waals surface area (Å²) in [7, 11) is 0. The third kappa shape index (κ3) is 2.81. The molecule has 15 heavy (non-hydrogen) atoms. The first kappa shape index (κ1) is 10.7. The molecule has 3 heteroatoms. The third-order valence-electron chi connectivity index (χ3n) is 2.31. The maximum atomic E-state index is 5.02. The van der Waals surface area contributed by atoms with Crippen molar-refractivity contribution >= 4 is 22.6 Å². The first-order valence-electron chi connectivity index (χ1n) is 4.92. The van der Waals surface area contributed by atoms with Crippen LogP contribution in [0.25, 0.3) is 0 Å². The van der Waals surface area contributed by atoms with Crippen LogP contribution in [0.1, 0.15) is 16.8 Å². The molecule has 0 saturated carbocycles. The van der Waals surface area contributed by atoms with E-state index in [0.29, 0.717) is 0 Å². The van der Waals surface area contributed by atoms with Crippen LogP contribution in [0, 0.1) is 0 Å². The number of aryl methyl sites for hydroxylation is 1. The highest BCUT2D eigenvalue weighted by Crippen LogP contribution is 2.14. The molecule has 2 nitrogen and oxygen atoms in total. The molecule has 0 aliphatic rings. The van der Waals surface area contributed by atoms with Gasteiger partial charge >= 0.3 is 0 Å². The molecule has 0 unspecified atom stereocenters. The van der Waals surface area contributed by atoms with Gasteiger partial charge in [-0.1, -0.05) is 58.1 Å². The Morgan fingerprint density at radius 2 is 2.00 bits per heavy atom. The van der Waals surface area contributed by atoms with Crippen LogP contribution in [0.15, 0.2) is 41.1 Å². The van der Waals surface area contributed by atoms with Crippen LogP contribution >= 0.6 is 22.6 Å². The van der Waals surface area contributed by atoms with E-state index < -0.39 is 0 Å². The maximum absolute atomic E-state index is 5.02. The minimum atomic E-state index is 0.864. The van der Waals surface area contributed by atoms with Crippen LogP contribution in [0.3, 0.4) is 0 Å². The van der Waals surface area contributed by atoms with Gasteiger partial charge in [-0.2, -0.15) is 0 Å². The smallest absolute Gasteiger partial charge is 0.127 e. The predicted octanol–water partition coefficient (Wildman–Crippen LogP) is 3.24. The average Bonchev–Trinajstić information content (AvgIpc) is 2.68. The highest BCUT2D eigenvalue weighted by Gasteiger charge is 2.07. The molecule has 0 spiro atoms. The van der Waals surface area contributed by atoms with Gasteiger partial charge in [-0.3, -0.25) is 0 Å². The molecule has 0 fully saturated rings. The Labute approximate surface area is 103 Å². The first-order chi connectivity index (χ1) is 7.40. The van der Waals surface area contributed by atoms with Crippen LogP contribution < -0.4 is 0 Å². The fourth-order valence-electron chi connectivity index (χ4n) is 1.52. The van der Waals surface area contributed by atoms with Crippen molar-refractivity contribution in [2.45, 2.75) is 12.8 Å². The maximum Gasteiger partial charge on any atom is 0.127 e. The largest absolute Gasteiger partial charge is 0.364 e. The normalized spacial score (nSPS) is 10.5. The van der Waals surface area contributed by atoms with Gasteiger partial charge in [-0.05, 0) is 12.0 Å². The Bertz CT molecular complexity index is 411. The fraction of sp³-hybridized carbons (Fsp3) is 0.250. The van der Waals surface area contributed by atoms with Gasteiger partial charge in [0.05, 0.1) is 5.69 Å². The number of halogens is 1. The average molecular weight is 313 g/mol. The molecule has 0 saturated heterocycles. The topological polar surface area (TPSA) is 26.0 Å². The number of aromatic nitrogens is 1. The molecule has 78 valence electrons. The van der Waals surface area contributed by atoms with Crippen LogP contribution in [0.4, 0.5) is 0 Å². The van der Waals surface area contributed by atoms with Crippen LogP contribution in [0.2, 0.25) is 0 Å². The summed E-state index contributed by atoms with van der Waals surface area (Å²) in [5.74, 6) is 0. The fourth-order valence-corrected chi connectivity index (χ4v) is 2.10. The van der Waals surface area contributed by atoms with E-state index in [9.17, 15) is 0 Å². The number of benzene rings is 1. The van der Waals surface area contributed by atoms with Gasteiger partial charge in [-0.15, -0.1) is 0 Å². The van der Waals surface area contributed by atoms with E-state index in [4.69, 9.17) is 4.52 Å². The van der Waals surface area contributed by atoms with Crippen LogP contribution in [0.5, 0.6) is 0 Å². The Morgan fingerprint density at radius 1 is 1.20 bits per heavy atom. The summed E-state index contributed by atoms with van der Waals surface area (Å²) >= 11 is 2.37. The van der Waals surface area contributed by atoms with Gasteiger partial charge in [0.25, 0.3) is 0 Å². The second-order valence-electron chi connectivity index (χ2n) is 3.39. The van der Waals surface area contributed by atoms with Gasteiger partial charge in [0.15, 0.2) is 0 Å². The molecule has 0 aliphatic heterocycles. The summed E-state index contributed by atoms with van der Waals surface area (Å²) in [5.41, 5.74) is 3.58. The summed E-state index contributed by atoms with van der Waals surface area (Å²) < 4.78 is 6.12. The Kier molecular flexibility index (Phi) is 3.77. The number of hydrogen-bond donors (Lipinski definition) is 0. The summed E-state index contributed by atoms with van der Waals surface area (Å²) in [6, 6.07) is 10.4. The summed E-state index contributed by atoms with van der Waals surface area (Å²) in [6.45, 7) is 0. The van der Waals surface area contributed by atoms with Crippen molar-refractivity contribution in [1.29, 1.82) is 0 Å². The van der Waals surface area contributed by atoms with Crippen molar-refractivity contribution in [3.63, 3.8) is 0 Å². The molecule has 0 aliphatic carbocycles. The van der Waals surface area contributed by atoms with Gasteiger partial charge in [0.2, 0.25) is 0 Å². The summed E-state index contributed by atoms with van der Waals surface area (Å²) in [6.07, 6.45) is 3.66. The van der Waals surface area contributed by atoms with E-state index in [0.717, 1.165) is 23.0 Å². The molecular formula is C12H12INO. The lowest BCUT2D eigenvalue weighted by molar-refractivity contribution is 0.412. The van der Waals surface area contributed by atoms with Crippen molar-refractivity contribution in [2.24, 2.45) is 0 Å². The Morgan fingerprint density at radius 3 is 2.73 bits per heavy atom. The molecule has 1 aromatic carbocycles. The van der Waals surface area contributed by atoms with Crippen molar-refractivity contribution in [3.8, 4) is 0 Å². The zero-order chi connectivity index (χ0) is 10.5. The quantitative estimate of drug-likeness (QED) is 0.640. The van der Waals surface area contributed by atoms with Crippen molar-refractivity contribution in [3.05, 3.63) is 53.4 Å². The van der Waals surface area contributed by atoms with Crippen molar-refractivity contribution in [1.82, 2.24) is 5.16 Å². The minimum Gasteiger partial charge on any atom is -0.364 e. The number of hydrogen-bond acceptors (Lipinski definition) is 2. The van der Waals surface area contributed by atoms with Crippen LogP contribution in [-0.2, 0) is 12.8 Å². The minimum absolute atomic E-state index is 0.864. The predicted molar refractivity (Wildman–Crippen MR) is 68.3 cm³/mol. The van der Waals surface area contributed by atoms with E-state index in [1.807, 2.05) is 18.2 Å². The highest BCUT2D eigenvalue weighted by atomic mass is 127. The van der Waals surface area contributed by atoms with Gasteiger partial charge < -0.3 is 4.52 Å². The lowest BCUT2D eigenvalue weighted by atomic mass is 10.1. The van der Waals surface area contributed by atoms with E-state index in [1.165, 1.54) is 11.1 Å². The molecular weight excluding hydrogens is 301 g/mol. The zero-order valence-electron chi connectivity index (χ0n) is 8.32. The molecule has 0 amide bonds. The molecule has 0 N–H and O–H groups in total. The second kappa shape index (κ2) is 5.30. The highest BCUT2D eigenvalue weighted by molar-refractivity contribution is 14.1. The van der Waals surface area contributed by atoms with E-state index in [-0.39, 0.29) is 0 Å². The van der Waals surface area contributed by atoms with E-state index in [1.54, 1.807) is 6.26 Å². The standard InChI is InChI=1S/C12H12INO/c13-7-6-11-9-15-14-12(11)8-10-4-2-1-3-5-10/h1-5,9H,6-8H2. The lowest BCUT2D eigenvalue weighted by Gasteiger charge is -1.99. The van der Waals surface area contributed by atoms with Gasteiger partial charge in [-0.25, -0.2) is 0 Å². The summed E-state index contributed by atoms with van der Waals surface area (Å²) in [4.78, 5) is 0. The Hall–Kier alpha value is -0.840. The number of rotatable bonds is 4. The van der Waals surface area contributed by atoms with E-state index >= 15 is 0 Å². The third-order valence-corrected chi connectivity index (χ3v) is 2.85. The van der Waals surface area contributed by atoms with Gasteiger partial charge in [0.1, 0.15) is 6.26 Å². The lowest BCUT2D eigenvalue weighted by Crippen LogP contribution is -1.94. The number of alkyl halides is 1. The summed E-state index contributed by atoms with van der Waals surface area (Å²) in [5, 5.41) is 4.05. The molecule has 2 aromatic rings. The van der Waals surface area contributed by atoms with Gasteiger partial charge in [0, 0.05) is 16.4 Å².